The molecule has 0 radical (unpaired) electrons. The molecule has 1 atom stereocenters. The third-order valence-corrected chi connectivity index (χ3v) is 6.35. The number of hydrogen-bond donors (Lipinski definition) is 4. The first-order chi connectivity index (χ1) is 19.2. The number of aliphatic hydroxyl groups is 1. The summed E-state index contributed by atoms with van der Waals surface area (Å²) in [6.07, 6.45) is 3.14. The fourth-order valence-corrected chi connectivity index (χ4v) is 4.23. The first kappa shape index (κ1) is 21.4. The van der Waals surface area contributed by atoms with Crippen molar-refractivity contribution in [1.29, 1.82) is 0 Å². The minimum Gasteiger partial charge on any atom is -0.386 e. The molecule has 0 saturated carbocycles. The van der Waals surface area contributed by atoms with E-state index in [1.54, 1.807) is 39.2 Å². The minimum atomic E-state index is -2.73. The molecule has 5 rings (SSSR count). The zero-order valence-corrected chi connectivity index (χ0v) is 21.5. The van der Waals surface area contributed by atoms with E-state index in [4.69, 9.17) is 4.11 Å². The number of carbonyl (C=O) groups is 1. The van der Waals surface area contributed by atoms with Crippen LogP contribution in [0.25, 0.3) is 11.3 Å². The molecule has 1 aliphatic heterocycles. The summed E-state index contributed by atoms with van der Waals surface area (Å²) in [6, 6.07) is 6.60. The van der Waals surface area contributed by atoms with Gasteiger partial charge >= 0.3 is 0 Å². The van der Waals surface area contributed by atoms with Crippen LogP contribution in [0, 0.1) is 0 Å². The maximum atomic E-state index is 12.9. The molecule has 0 aliphatic carbocycles. The molecule has 38 heavy (non-hydrogen) atoms. The summed E-state index contributed by atoms with van der Waals surface area (Å²) in [7, 11) is 3.65. The Kier molecular flexibility index (Phi) is 5.27. The van der Waals surface area contributed by atoms with E-state index in [2.05, 4.69) is 41.0 Å². The Bertz CT molecular complexity index is 1610. The normalized spacial score (nSPS) is 16.0. The predicted octanol–water partition coefficient (Wildman–Crippen LogP) is 2.65. The van der Waals surface area contributed by atoms with E-state index >= 15 is 0 Å². The zero-order valence-electron chi connectivity index (χ0n) is 24.5. The van der Waals surface area contributed by atoms with E-state index in [9.17, 15) is 9.90 Å². The van der Waals surface area contributed by atoms with Crippen molar-refractivity contribution < 1.29 is 14.0 Å². The summed E-state index contributed by atoms with van der Waals surface area (Å²) in [4.78, 5) is 25.3. The van der Waals surface area contributed by atoms with Crippen molar-refractivity contribution in [2.24, 2.45) is 7.05 Å². The van der Waals surface area contributed by atoms with E-state index in [1.165, 1.54) is 17.1 Å². The number of hydrogen-bond acceptors (Lipinski definition) is 11. The van der Waals surface area contributed by atoms with Crippen LogP contribution in [0.4, 0.5) is 28.8 Å². The number of rotatable bonds is 6. The van der Waals surface area contributed by atoms with Crippen LogP contribution >= 0.6 is 0 Å². The minimum absolute atomic E-state index is 0.125. The van der Waals surface area contributed by atoms with Crippen molar-refractivity contribution in [2.75, 3.05) is 29.6 Å². The van der Waals surface area contributed by atoms with E-state index in [1.807, 2.05) is 30.3 Å². The fourth-order valence-electron chi connectivity index (χ4n) is 4.23. The van der Waals surface area contributed by atoms with E-state index in [0.717, 1.165) is 17.0 Å². The molecule has 5 heterocycles. The van der Waals surface area contributed by atoms with Crippen molar-refractivity contribution >= 4 is 34.7 Å². The lowest BCUT2D eigenvalue weighted by Gasteiger charge is -2.33. The number of pyridine rings is 2. The van der Waals surface area contributed by atoms with Crippen LogP contribution in [0.15, 0.2) is 36.7 Å². The van der Waals surface area contributed by atoms with Gasteiger partial charge in [0.1, 0.15) is 17.2 Å². The second-order valence-electron chi connectivity index (χ2n) is 9.45. The maximum Gasteiger partial charge on any atom is 0.273 e. The number of amides is 1. The second-order valence-corrected chi connectivity index (χ2v) is 9.45. The van der Waals surface area contributed by atoms with Crippen LogP contribution in [-0.2, 0) is 12.6 Å². The molecule has 4 aromatic rings. The Morgan fingerprint density at radius 1 is 1.11 bits per heavy atom. The van der Waals surface area contributed by atoms with Crippen LogP contribution in [0.5, 0.6) is 0 Å². The third-order valence-electron chi connectivity index (χ3n) is 6.35. The lowest BCUT2D eigenvalue weighted by molar-refractivity contribution is 0.0782. The quantitative estimate of drug-likeness (QED) is 0.297. The number of nitrogens with one attached hydrogen (secondary N) is 3. The lowest BCUT2D eigenvalue weighted by Crippen LogP contribution is -2.28. The number of aryl methyl sites for hydroxylation is 1. The van der Waals surface area contributed by atoms with Gasteiger partial charge in [0.05, 0.1) is 23.0 Å². The first-order valence-corrected chi connectivity index (χ1v) is 11.8. The van der Waals surface area contributed by atoms with Gasteiger partial charge in [0.2, 0.25) is 0 Å². The van der Waals surface area contributed by atoms with Crippen molar-refractivity contribution in [1.82, 2.24) is 40.5 Å². The topological polar surface area (TPSA) is 159 Å². The molecule has 0 saturated heterocycles. The van der Waals surface area contributed by atoms with Crippen molar-refractivity contribution in [2.45, 2.75) is 32.4 Å². The largest absolute Gasteiger partial charge is 0.386 e. The molecule has 4 aromatic heterocycles. The van der Waals surface area contributed by atoms with E-state index in [0.29, 0.717) is 22.9 Å². The Morgan fingerprint density at radius 2 is 1.92 bits per heavy atom. The van der Waals surface area contributed by atoms with Gasteiger partial charge in [-0.2, -0.15) is 15.0 Å². The lowest BCUT2D eigenvalue weighted by atomic mass is 9.99. The monoisotopic (exact) mass is 518 g/mol. The predicted molar refractivity (Wildman–Crippen MR) is 143 cm³/mol. The third kappa shape index (κ3) is 4.47. The summed E-state index contributed by atoms with van der Waals surface area (Å²) >= 11 is 0. The molecule has 1 amide bonds. The van der Waals surface area contributed by atoms with Gasteiger partial charge in [0.25, 0.3) is 5.91 Å². The van der Waals surface area contributed by atoms with Gasteiger partial charge in [-0.1, -0.05) is 6.07 Å². The Labute approximate surface area is 223 Å². The average molecular weight is 519 g/mol. The highest BCUT2D eigenvalue weighted by atomic mass is 16.3. The van der Waals surface area contributed by atoms with Gasteiger partial charge in [-0.15, -0.1) is 10.2 Å². The number of carbonyl (C=O) groups excluding carboxylic acids is 1. The standard InChI is InChI=1S/C25H29N11O2/c1-13-19-20(34-36(6)33-19)15-9-10-27-23(22(15)35(13)5)29-16-11-18(31-32-21(16)24(37)26-4)30-17-8-7-14(12-28-17)25(2,3)38/h7-13,38H,1-6H3,(H,26,37)(H2,27,28,29,30,31)/t13-/m1/s1/i4D3. The summed E-state index contributed by atoms with van der Waals surface area (Å²) < 4.78 is 22.4. The number of aromatic nitrogens is 7. The van der Waals surface area contributed by atoms with Gasteiger partial charge in [0.15, 0.2) is 17.3 Å². The van der Waals surface area contributed by atoms with E-state index < -0.39 is 18.5 Å². The molecule has 0 unspecified atom stereocenters. The fraction of sp³-hybridized carbons (Fsp3) is 0.320. The van der Waals surface area contributed by atoms with Gasteiger partial charge in [0, 0.05) is 54.8 Å². The molecule has 0 fully saturated rings. The highest BCUT2D eigenvalue weighted by molar-refractivity contribution is 5.99. The summed E-state index contributed by atoms with van der Waals surface area (Å²) in [5.74, 6) is 0.0886. The van der Waals surface area contributed by atoms with Crippen LogP contribution in [0.2, 0.25) is 0 Å². The van der Waals surface area contributed by atoms with Gasteiger partial charge in [-0.3, -0.25) is 4.79 Å². The van der Waals surface area contributed by atoms with Crippen molar-refractivity contribution in [3.8, 4) is 11.3 Å². The van der Waals surface area contributed by atoms with Crippen LogP contribution in [0.3, 0.4) is 0 Å². The highest BCUT2D eigenvalue weighted by Gasteiger charge is 2.33. The molecule has 13 heteroatoms. The van der Waals surface area contributed by atoms with Gasteiger partial charge in [-0.25, -0.2) is 9.97 Å². The molecule has 4 N–H and O–H groups in total. The smallest absolute Gasteiger partial charge is 0.273 e. The van der Waals surface area contributed by atoms with Crippen LogP contribution in [-0.4, -0.2) is 60.2 Å². The molecule has 1 aliphatic rings. The summed E-state index contributed by atoms with van der Waals surface area (Å²) in [5.41, 5.74) is 2.51. The molecule has 13 nitrogen and oxygen atoms in total. The van der Waals surface area contributed by atoms with Gasteiger partial charge < -0.3 is 26.0 Å². The SMILES string of the molecule is [2H]C([2H])([2H])NC(=O)c1nnc(Nc2ccc(C(C)(C)O)cn2)cc1Nc1nccc2c1N(C)[C@H](C)c1nn(C)nc1-2. The van der Waals surface area contributed by atoms with Crippen molar-refractivity contribution in [3.63, 3.8) is 0 Å². The van der Waals surface area contributed by atoms with Crippen molar-refractivity contribution in [3.05, 3.63) is 53.6 Å². The Hall–Kier alpha value is -4.65. The molecule has 0 aromatic carbocycles. The Balaban J connectivity index is 1.55. The zero-order chi connectivity index (χ0) is 29.7. The molecule has 0 bridgehead atoms. The summed E-state index contributed by atoms with van der Waals surface area (Å²) in [6.45, 7) is 2.57. The highest BCUT2D eigenvalue weighted by Crippen LogP contribution is 2.45. The number of fused-ring (bicyclic) bond motifs is 3. The number of anilines is 5. The van der Waals surface area contributed by atoms with Crippen LogP contribution in [0.1, 0.15) is 52.7 Å². The molecule has 196 valence electrons. The summed E-state index contributed by atoms with van der Waals surface area (Å²) in [5, 5.41) is 35.5. The van der Waals surface area contributed by atoms with E-state index in [-0.39, 0.29) is 23.2 Å². The molecule has 0 spiro atoms. The first-order valence-electron chi connectivity index (χ1n) is 13.3. The Morgan fingerprint density at radius 3 is 2.63 bits per heavy atom. The molecular weight excluding hydrogens is 486 g/mol. The number of nitrogens with zero attached hydrogens (tertiary/aromatic N) is 8. The average Bonchev–Trinajstić information content (AvgIpc) is 3.28. The maximum absolute atomic E-state index is 12.9. The van der Waals surface area contributed by atoms with Crippen LogP contribution < -0.4 is 20.9 Å². The second kappa shape index (κ2) is 9.34. The molecular formula is C25H29N11O2. The van der Waals surface area contributed by atoms with Gasteiger partial charge in [-0.05, 0) is 32.9 Å².